The van der Waals surface area contributed by atoms with Crippen LogP contribution < -0.4 is 5.32 Å². The molecule has 0 spiro atoms. The lowest BCUT2D eigenvalue weighted by Gasteiger charge is -2.39. The summed E-state index contributed by atoms with van der Waals surface area (Å²) in [5.41, 5.74) is 0.261. The number of nitrogens with one attached hydrogen (secondary N) is 1. The molecule has 5 heteroatoms. The van der Waals surface area contributed by atoms with Gasteiger partial charge in [0.15, 0.2) is 5.69 Å². The van der Waals surface area contributed by atoms with Gasteiger partial charge in [-0.05, 0) is 38.4 Å². The molecule has 1 amide bonds. The first-order valence-corrected chi connectivity index (χ1v) is 6.45. The number of piperidine rings is 1. The zero-order valence-electron chi connectivity index (χ0n) is 11.0. The van der Waals surface area contributed by atoms with E-state index in [0.717, 1.165) is 32.5 Å². The SMILES string of the molecule is CCN1CCC(C)(NC(=O)c2cccnn2)CC1. The van der Waals surface area contributed by atoms with Gasteiger partial charge in [-0.3, -0.25) is 4.79 Å². The van der Waals surface area contributed by atoms with Crippen LogP contribution in [0.3, 0.4) is 0 Å². The fraction of sp³-hybridized carbons (Fsp3) is 0.615. The molecule has 0 aromatic carbocycles. The van der Waals surface area contributed by atoms with Crippen LogP contribution in [0.2, 0.25) is 0 Å². The van der Waals surface area contributed by atoms with Gasteiger partial charge in [-0.15, -0.1) is 5.10 Å². The fourth-order valence-electron chi connectivity index (χ4n) is 2.25. The summed E-state index contributed by atoms with van der Waals surface area (Å²) >= 11 is 0. The Bertz CT molecular complexity index is 399. The van der Waals surface area contributed by atoms with E-state index in [2.05, 4.69) is 34.3 Å². The highest BCUT2D eigenvalue weighted by molar-refractivity contribution is 5.92. The van der Waals surface area contributed by atoms with Crippen molar-refractivity contribution in [3.63, 3.8) is 0 Å². The van der Waals surface area contributed by atoms with E-state index >= 15 is 0 Å². The van der Waals surface area contributed by atoms with Gasteiger partial charge in [-0.2, -0.15) is 5.10 Å². The Labute approximate surface area is 108 Å². The van der Waals surface area contributed by atoms with Crippen LogP contribution in [0.1, 0.15) is 37.2 Å². The van der Waals surface area contributed by atoms with Crippen molar-refractivity contribution < 1.29 is 4.79 Å². The molecule has 2 rings (SSSR count). The second-order valence-corrected chi connectivity index (χ2v) is 5.06. The van der Waals surface area contributed by atoms with Crippen molar-refractivity contribution >= 4 is 5.91 Å². The van der Waals surface area contributed by atoms with Crippen molar-refractivity contribution in [2.45, 2.75) is 32.2 Å². The van der Waals surface area contributed by atoms with Crippen LogP contribution in [0, 0.1) is 0 Å². The first-order valence-electron chi connectivity index (χ1n) is 6.45. The summed E-state index contributed by atoms with van der Waals surface area (Å²) in [5.74, 6) is -0.129. The zero-order chi connectivity index (χ0) is 13.0. The first-order chi connectivity index (χ1) is 8.63. The van der Waals surface area contributed by atoms with Crippen molar-refractivity contribution in [2.24, 2.45) is 0 Å². The summed E-state index contributed by atoms with van der Waals surface area (Å²) in [6, 6.07) is 3.41. The minimum Gasteiger partial charge on any atom is -0.345 e. The van der Waals surface area contributed by atoms with Gasteiger partial charge < -0.3 is 10.2 Å². The highest BCUT2D eigenvalue weighted by Gasteiger charge is 2.31. The Morgan fingerprint density at radius 1 is 1.50 bits per heavy atom. The highest BCUT2D eigenvalue weighted by atomic mass is 16.2. The van der Waals surface area contributed by atoms with Crippen LogP contribution in [-0.4, -0.2) is 46.2 Å². The molecule has 1 aromatic heterocycles. The molecule has 0 bridgehead atoms. The summed E-state index contributed by atoms with van der Waals surface area (Å²) < 4.78 is 0. The van der Waals surface area contributed by atoms with Crippen molar-refractivity contribution in [1.82, 2.24) is 20.4 Å². The van der Waals surface area contributed by atoms with E-state index < -0.39 is 0 Å². The van der Waals surface area contributed by atoms with Gasteiger partial charge >= 0.3 is 0 Å². The summed E-state index contributed by atoms with van der Waals surface area (Å²) in [6.45, 7) is 7.42. The van der Waals surface area contributed by atoms with Gasteiger partial charge in [-0.25, -0.2) is 0 Å². The Morgan fingerprint density at radius 3 is 2.78 bits per heavy atom. The summed E-state index contributed by atoms with van der Waals surface area (Å²) in [5, 5.41) is 10.6. The van der Waals surface area contributed by atoms with Gasteiger partial charge in [0.2, 0.25) is 0 Å². The van der Waals surface area contributed by atoms with Crippen molar-refractivity contribution in [3.8, 4) is 0 Å². The molecular weight excluding hydrogens is 228 g/mol. The Balaban J connectivity index is 1.95. The second kappa shape index (κ2) is 5.44. The van der Waals surface area contributed by atoms with Crippen molar-refractivity contribution in [3.05, 3.63) is 24.0 Å². The van der Waals surface area contributed by atoms with Crippen LogP contribution in [-0.2, 0) is 0 Å². The molecule has 1 fully saturated rings. The number of likely N-dealkylation sites (tertiary alicyclic amines) is 1. The van der Waals surface area contributed by atoms with Crippen LogP contribution in [0.5, 0.6) is 0 Å². The standard InChI is InChI=1S/C13H20N4O/c1-3-17-9-6-13(2,7-10-17)15-12(18)11-5-4-8-14-16-11/h4-5,8H,3,6-7,9-10H2,1-2H3,(H,15,18). The average Bonchev–Trinajstić information content (AvgIpc) is 2.40. The predicted octanol–water partition coefficient (Wildman–Crippen LogP) is 1.08. The Kier molecular flexibility index (Phi) is 3.91. The zero-order valence-corrected chi connectivity index (χ0v) is 11.0. The van der Waals surface area contributed by atoms with Crippen LogP contribution in [0.25, 0.3) is 0 Å². The van der Waals surface area contributed by atoms with Gasteiger partial charge in [0.1, 0.15) is 0 Å². The highest BCUT2D eigenvalue weighted by Crippen LogP contribution is 2.21. The van der Waals surface area contributed by atoms with E-state index in [1.807, 2.05) is 0 Å². The van der Waals surface area contributed by atoms with Gasteiger partial charge in [0.05, 0.1) is 0 Å². The molecular formula is C13H20N4O. The topological polar surface area (TPSA) is 58.1 Å². The number of aromatic nitrogens is 2. The molecule has 1 aromatic rings. The predicted molar refractivity (Wildman–Crippen MR) is 69.3 cm³/mol. The number of nitrogens with zero attached hydrogens (tertiary/aromatic N) is 3. The minimum atomic E-state index is -0.129. The van der Waals surface area contributed by atoms with E-state index in [1.165, 1.54) is 0 Å². The molecule has 2 heterocycles. The lowest BCUT2D eigenvalue weighted by atomic mass is 9.89. The van der Waals surface area contributed by atoms with E-state index in [-0.39, 0.29) is 11.4 Å². The third-order valence-electron chi connectivity index (χ3n) is 3.63. The molecule has 1 aliphatic rings. The number of carbonyl (C=O) groups is 1. The normalized spacial score (nSPS) is 19.4. The molecule has 0 saturated carbocycles. The van der Waals surface area contributed by atoms with E-state index in [1.54, 1.807) is 18.3 Å². The molecule has 18 heavy (non-hydrogen) atoms. The van der Waals surface area contributed by atoms with Crippen LogP contribution in [0.15, 0.2) is 18.3 Å². The van der Waals surface area contributed by atoms with Crippen molar-refractivity contribution in [1.29, 1.82) is 0 Å². The van der Waals surface area contributed by atoms with Crippen LogP contribution in [0.4, 0.5) is 0 Å². The monoisotopic (exact) mass is 248 g/mol. The van der Waals surface area contributed by atoms with Gasteiger partial charge in [0.25, 0.3) is 5.91 Å². The molecule has 0 radical (unpaired) electrons. The first kappa shape index (κ1) is 13.0. The molecule has 0 aliphatic carbocycles. The number of amides is 1. The molecule has 0 unspecified atom stereocenters. The lowest BCUT2D eigenvalue weighted by Crippen LogP contribution is -2.53. The second-order valence-electron chi connectivity index (χ2n) is 5.06. The summed E-state index contributed by atoms with van der Waals surface area (Å²) in [4.78, 5) is 14.4. The maximum Gasteiger partial charge on any atom is 0.272 e. The molecule has 98 valence electrons. The molecule has 1 N–H and O–H groups in total. The lowest BCUT2D eigenvalue weighted by molar-refractivity contribution is 0.0833. The molecule has 1 aliphatic heterocycles. The minimum absolute atomic E-state index is 0.125. The fourth-order valence-corrected chi connectivity index (χ4v) is 2.25. The number of hydrogen-bond acceptors (Lipinski definition) is 4. The molecule has 0 atom stereocenters. The smallest absolute Gasteiger partial charge is 0.272 e. The maximum absolute atomic E-state index is 12.0. The van der Waals surface area contributed by atoms with Gasteiger partial charge in [-0.1, -0.05) is 6.92 Å². The molecule has 5 nitrogen and oxygen atoms in total. The third kappa shape index (κ3) is 3.04. The summed E-state index contributed by atoms with van der Waals surface area (Å²) in [6.07, 6.45) is 3.53. The van der Waals surface area contributed by atoms with Gasteiger partial charge in [0, 0.05) is 24.8 Å². The van der Waals surface area contributed by atoms with Crippen LogP contribution >= 0.6 is 0 Å². The van der Waals surface area contributed by atoms with E-state index in [9.17, 15) is 4.79 Å². The average molecular weight is 248 g/mol. The Hall–Kier alpha value is -1.49. The quantitative estimate of drug-likeness (QED) is 0.869. The number of rotatable bonds is 3. The largest absolute Gasteiger partial charge is 0.345 e. The third-order valence-corrected chi connectivity index (χ3v) is 3.63. The number of hydrogen-bond donors (Lipinski definition) is 1. The number of carbonyl (C=O) groups excluding carboxylic acids is 1. The van der Waals surface area contributed by atoms with Crippen molar-refractivity contribution in [2.75, 3.05) is 19.6 Å². The molecule has 1 saturated heterocycles. The Morgan fingerprint density at radius 2 is 2.22 bits per heavy atom. The maximum atomic E-state index is 12.0. The summed E-state index contributed by atoms with van der Waals surface area (Å²) in [7, 11) is 0. The van der Waals surface area contributed by atoms with E-state index in [0.29, 0.717) is 5.69 Å². The van der Waals surface area contributed by atoms with E-state index in [4.69, 9.17) is 0 Å².